The van der Waals surface area contributed by atoms with Gasteiger partial charge in [-0.25, -0.2) is 0 Å². The van der Waals surface area contributed by atoms with Gasteiger partial charge >= 0.3 is 12.1 Å². The van der Waals surface area contributed by atoms with E-state index in [4.69, 9.17) is 5.11 Å². The summed E-state index contributed by atoms with van der Waals surface area (Å²) < 4.78 is 38.7. The number of hydrogen-bond donors (Lipinski definition) is 2. The van der Waals surface area contributed by atoms with E-state index in [1.165, 1.54) is 0 Å². The molecule has 1 heterocycles. The maximum Gasteiger partial charge on any atom is 0.416 e. The van der Waals surface area contributed by atoms with Gasteiger partial charge in [0.2, 0.25) is 0 Å². The van der Waals surface area contributed by atoms with Crippen molar-refractivity contribution in [2.24, 2.45) is 0 Å². The van der Waals surface area contributed by atoms with Crippen molar-refractivity contribution in [1.29, 1.82) is 0 Å². The van der Waals surface area contributed by atoms with Gasteiger partial charge in [0, 0.05) is 32.7 Å². The third kappa shape index (κ3) is 4.71. The molecule has 0 bridgehead atoms. The minimum Gasteiger partial charge on any atom is -0.481 e. The molecule has 1 aromatic carbocycles. The zero-order valence-corrected chi connectivity index (χ0v) is 11.4. The Bertz CT molecular complexity index is 511. The highest BCUT2D eigenvalue weighted by molar-refractivity contribution is 5.70. The molecule has 1 aliphatic rings. The SMILES string of the molecule is O=C(O)Cc1cc(CN2CCNCC2)cc(C(F)(F)F)c1. The van der Waals surface area contributed by atoms with Gasteiger partial charge < -0.3 is 10.4 Å². The first-order valence-corrected chi connectivity index (χ1v) is 6.69. The van der Waals surface area contributed by atoms with Gasteiger partial charge in [-0.1, -0.05) is 6.07 Å². The molecule has 21 heavy (non-hydrogen) atoms. The molecule has 0 atom stereocenters. The Morgan fingerprint density at radius 2 is 1.81 bits per heavy atom. The van der Waals surface area contributed by atoms with E-state index < -0.39 is 24.1 Å². The molecule has 0 aliphatic carbocycles. The van der Waals surface area contributed by atoms with Crippen LogP contribution in [0.4, 0.5) is 13.2 Å². The number of nitrogens with one attached hydrogen (secondary N) is 1. The maximum atomic E-state index is 12.9. The average molecular weight is 302 g/mol. The van der Waals surface area contributed by atoms with Crippen molar-refractivity contribution in [3.8, 4) is 0 Å². The smallest absolute Gasteiger partial charge is 0.416 e. The van der Waals surface area contributed by atoms with Crippen LogP contribution >= 0.6 is 0 Å². The number of carboxylic acid groups (broad SMARTS) is 1. The lowest BCUT2D eigenvalue weighted by Crippen LogP contribution is -2.42. The highest BCUT2D eigenvalue weighted by atomic mass is 19.4. The van der Waals surface area contributed by atoms with Crippen LogP contribution in [0.25, 0.3) is 0 Å². The summed E-state index contributed by atoms with van der Waals surface area (Å²) in [5.74, 6) is -1.14. The predicted molar refractivity (Wildman–Crippen MR) is 70.9 cm³/mol. The van der Waals surface area contributed by atoms with Gasteiger partial charge in [-0.15, -0.1) is 0 Å². The maximum absolute atomic E-state index is 12.9. The number of alkyl halides is 3. The van der Waals surface area contributed by atoms with Crippen molar-refractivity contribution < 1.29 is 23.1 Å². The highest BCUT2D eigenvalue weighted by Gasteiger charge is 2.31. The molecule has 4 nitrogen and oxygen atoms in total. The minimum atomic E-state index is -4.47. The molecule has 116 valence electrons. The molecule has 2 N–H and O–H groups in total. The monoisotopic (exact) mass is 302 g/mol. The average Bonchev–Trinajstić information content (AvgIpc) is 2.37. The van der Waals surface area contributed by atoms with Gasteiger partial charge in [0.05, 0.1) is 12.0 Å². The molecule has 0 saturated carbocycles. The molecule has 1 aromatic rings. The van der Waals surface area contributed by atoms with Crippen molar-refractivity contribution in [2.45, 2.75) is 19.1 Å². The minimum absolute atomic E-state index is 0.183. The van der Waals surface area contributed by atoms with Gasteiger partial charge in [0.25, 0.3) is 0 Å². The number of carbonyl (C=O) groups is 1. The zero-order valence-electron chi connectivity index (χ0n) is 11.4. The van der Waals surface area contributed by atoms with E-state index in [9.17, 15) is 18.0 Å². The second-order valence-electron chi connectivity index (χ2n) is 5.13. The quantitative estimate of drug-likeness (QED) is 0.889. The van der Waals surface area contributed by atoms with E-state index in [0.717, 1.165) is 38.3 Å². The molecule has 1 fully saturated rings. The first kappa shape index (κ1) is 15.8. The van der Waals surface area contributed by atoms with Crippen molar-refractivity contribution in [3.63, 3.8) is 0 Å². The molecule has 1 aliphatic heterocycles. The number of hydrogen-bond acceptors (Lipinski definition) is 3. The van der Waals surface area contributed by atoms with Gasteiger partial charge in [0.1, 0.15) is 0 Å². The molecule has 0 aromatic heterocycles. The van der Waals surface area contributed by atoms with Crippen LogP contribution in [0.1, 0.15) is 16.7 Å². The van der Waals surface area contributed by atoms with Crippen molar-refractivity contribution in [3.05, 3.63) is 34.9 Å². The van der Waals surface area contributed by atoms with Crippen LogP contribution in [0.3, 0.4) is 0 Å². The number of halogens is 3. The Kier molecular flexibility index (Phi) is 4.84. The molecule has 2 rings (SSSR count). The molecule has 0 spiro atoms. The lowest BCUT2D eigenvalue weighted by atomic mass is 10.0. The number of benzene rings is 1. The number of aliphatic carboxylic acids is 1. The molecule has 0 amide bonds. The Labute approximate surface area is 120 Å². The third-order valence-corrected chi connectivity index (χ3v) is 3.35. The summed E-state index contributed by atoms with van der Waals surface area (Å²) in [6.07, 6.45) is -4.87. The van der Waals surface area contributed by atoms with E-state index in [-0.39, 0.29) is 5.56 Å². The van der Waals surface area contributed by atoms with Crippen molar-refractivity contribution in [1.82, 2.24) is 10.2 Å². The lowest BCUT2D eigenvalue weighted by molar-refractivity contribution is -0.138. The van der Waals surface area contributed by atoms with Gasteiger partial charge in [-0.05, 0) is 23.3 Å². The first-order valence-electron chi connectivity index (χ1n) is 6.69. The molecular weight excluding hydrogens is 285 g/mol. The second kappa shape index (κ2) is 6.44. The normalized spacial score (nSPS) is 16.9. The van der Waals surface area contributed by atoms with Crippen LogP contribution in [0.2, 0.25) is 0 Å². The fourth-order valence-corrected chi connectivity index (χ4v) is 2.42. The predicted octanol–water partition coefficient (Wildman–Crippen LogP) is 1.74. The van der Waals surface area contributed by atoms with Gasteiger partial charge in [-0.2, -0.15) is 13.2 Å². The summed E-state index contributed by atoms with van der Waals surface area (Å²) in [6.45, 7) is 3.55. The summed E-state index contributed by atoms with van der Waals surface area (Å²) in [6, 6.07) is 3.56. The number of piperazine rings is 1. The van der Waals surface area contributed by atoms with Gasteiger partial charge in [0.15, 0.2) is 0 Å². The van der Waals surface area contributed by atoms with Crippen LogP contribution in [0.15, 0.2) is 18.2 Å². The summed E-state index contributed by atoms with van der Waals surface area (Å²) in [7, 11) is 0. The fraction of sp³-hybridized carbons (Fsp3) is 0.500. The number of rotatable bonds is 4. The Hall–Kier alpha value is -1.60. The van der Waals surface area contributed by atoms with Crippen LogP contribution in [-0.4, -0.2) is 42.2 Å². The number of nitrogens with zero attached hydrogens (tertiary/aromatic N) is 1. The van der Waals surface area contributed by atoms with E-state index in [2.05, 4.69) is 10.2 Å². The Balaban J connectivity index is 2.23. The van der Waals surface area contributed by atoms with Gasteiger partial charge in [-0.3, -0.25) is 9.69 Å². The van der Waals surface area contributed by atoms with Crippen LogP contribution < -0.4 is 5.32 Å². The lowest BCUT2D eigenvalue weighted by Gasteiger charge is -2.27. The van der Waals surface area contributed by atoms with Crippen molar-refractivity contribution >= 4 is 5.97 Å². The van der Waals surface area contributed by atoms with Crippen LogP contribution in [-0.2, 0) is 23.9 Å². The van der Waals surface area contributed by atoms with E-state index in [1.54, 1.807) is 6.07 Å². The molecule has 7 heteroatoms. The van der Waals surface area contributed by atoms with Crippen LogP contribution in [0, 0.1) is 0 Å². The standard InChI is InChI=1S/C14H17F3N2O2/c15-14(16,17)12-6-10(8-13(20)21)5-11(7-12)9-19-3-1-18-2-4-19/h5-7,18H,1-4,8-9H2,(H,20,21). The third-order valence-electron chi connectivity index (χ3n) is 3.35. The highest BCUT2D eigenvalue weighted by Crippen LogP contribution is 2.31. The molecule has 0 radical (unpaired) electrons. The topological polar surface area (TPSA) is 52.6 Å². The molecule has 0 unspecified atom stereocenters. The first-order chi connectivity index (χ1) is 9.84. The summed E-state index contributed by atoms with van der Waals surface area (Å²) in [5.41, 5.74) is -0.100. The molecular formula is C14H17F3N2O2. The summed E-state index contributed by atoms with van der Waals surface area (Å²) >= 11 is 0. The molecule has 1 saturated heterocycles. The largest absolute Gasteiger partial charge is 0.481 e. The second-order valence-corrected chi connectivity index (χ2v) is 5.13. The van der Waals surface area contributed by atoms with Crippen LogP contribution in [0.5, 0.6) is 0 Å². The van der Waals surface area contributed by atoms with E-state index >= 15 is 0 Å². The fourth-order valence-electron chi connectivity index (χ4n) is 2.42. The summed E-state index contributed by atoms with van der Waals surface area (Å²) in [4.78, 5) is 12.8. The number of carboxylic acids is 1. The Morgan fingerprint density at radius 1 is 1.19 bits per heavy atom. The zero-order chi connectivity index (χ0) is 15.5. The van der Waals surface area contributed by atoms with E-state index in [1.807, 2.05) is 0 Å². The van der Waals surface area contributed by atoms with E-state index in [0.29, 0.717) is 12.1 Å². The summed E-state index contributed by atoms with van der Waals surface area (Å²) in [5, 5.41) is 11.9. The van der Waals surface area contributed by atoms with Crippen molar-refractivity contribution in [2.75, 3.05) is 26.2 Å². The Morgan fingerprint density at radius 3 is 2.38 bits per heavy atom.